The second-order valence-electron chi connectivity index (χ2n) is 5.85. The van der Waals surface area contributed by atoms with Gasteiger partial charge in [0, 0.05) is 6.61 Å². The number of anilines is 1. The summed E-state index contributed by atoms with van der Waals surface area (Å²) in [6.45, 7) is 4.32. The number of ether oxygens (including phenoxy) is 2. The zero-order chi connectivity index (χ0) is 17.6. The van der Waals surface area contributed by atoms with E-state index in [0.29, 0.717) is 6.61 Å². The van der Waals surface area contributed by atoms with Crippen molar-refractivity contribution in [3.63, 3.8) is 0 Å². The van der Waals surface area contributed by atoms with Crippen molar-refractivity contribution in [1.82, 2.24) is 0 Å². The molecule has 0 radical (unpaired) electrons. The molecule has 1 aliphatic heterocycles. The molecule has 1 heterocycles. The van der Waals surface area contributed by atoms with E-state index in [0.717, 1.165) is 25.9 Å². The molecule has 0 spiro atoms. The van der Waals surface area contributed by atoms with Gasteiger partial charge in [0.15, 0.2) is 9.84 Å². The van der Waals surface area contributed by atoms with Gasteiger partial charge in [0.1, 0.15) is 6.10 Å². The molecule has 7 heteroatoms. The van der Waals surface area contributed by atoms with Crippen molar-refractivity contribution in [1.29, 1.82) is 0 Å². The standard InChI is InChI=1S/C17H25NO5S/c1-3-24(20,21)16-10-5-4-9-15(16)18-17(19)13(2)23-12-14-8-6-7-11-22-14/h4-5,9-10,13-14H,3,6-8,11-12H2,1-2H3,(H,18,19). The van der Waals surface area contributed by atoms with Crippen LogP contribution in [0.15, 0.2) is 29.2 Å². The summed E-state index contributed by atoms with van der Waals surface area (Å²) in [5, 5.41) is 2.65. The van der Waals surface area contributed by atoms with Gasteiger partial charge >= 0.3 is 0 Å². The van der Waals surface area contributed by atoms with Gasteiger partial charge in [-0.05, 0) is 38.3 Å². The number of amides is 1. The summed E-state index contributed by atoms with van der Waals surface area (Å²) >= 11 is 0. The van der Waals surface area contributed by atoms with Crippen molar-refractivity contribution in [2.75, 3.05) is 24.3 Å². The fourth-order valence-corrected chi connectivity index (χ4v) is 3.55. The highest BCUT2D eigenvalue weighted by Gasteiger charge is 2.22. The number of para-hydroxylation sites is 1. The van der Waals surface area contributed by atoms with Crippen LogP contribution >= 0.6 is 0 Å². The van der Waals surface area contributed by atoms with Crippen LogP contribution in [0.3, 0.4) is 0 Å². The summed E-state index contributed by atoms with van der Waals surface area (Å²) in [4.78, 5) is 12.4. The third-order valence-electron chi connectivity index (χ3n) is 4.04. The van der Waals surface area contributed by atoms with Crippen molar-refractivity contribution in [2.45, 2.75) is 50.2 Å². The predicted molar refractivity (Wildman–Crippen MR) is 91.8 cm³/mol. The van der Waals surface area contributed by atoms with E-state index in [-0.39, 0.29) is 28.3 Å². The third-order valence-corrected chi connectivity index (χ3v) is 5.82. The lowest BCUT2D eigenvalue weighted by Gasteiger charge is -2.24. The number of rotatable bonds is 7. The first-order valence-electron chi connectivity index (χ1n) is 8.30. The van der Waals surface area contributed by atoms with E-state index in [9.17, 15) is 13.2 Å². The van der Waals surface area contributed by atoms with Crippen molar-refractivity contribution >= 4 is 21.4 Å². The first kappa shape index (κ1) is 18.9. The number of carbonyl (C=O) groups is 1. The van der Waals surface area contributed by atoms with Crippen LogP contribution in [-0.2, 0) is 24.1 Å². The lowest BCUT2D eigenvalue weighted by atomic mass is 10.1. The lowest BCUT2D eigenvalue weighted by Crippen LogP contribution is -2.33. The van der Waals surface area contributed by atoms with Crippen LogP contribution < -0.4 is 5.32 Å². The first-order valence-corrected chi connectivity index (χ1v) is 9.95. The third kappa shape index (κ3) is 5.03. The number of benzene rings is 1. The summed E-state index contributed by atoms with van der Waals surface area (Å²) in [6.07, 6.45) is 2.45. The maximum atomic E-state index is 12.3. The van der Waals surface area contributed by atoms with E-state index < -0.39 is 15.9 Å². The molecule has 1 amide bonds. The summed E-state index contributed by atoms with van der Waals surface area (Å²) in [6, 6.07) is 6.40. The number of hydrogen-bond acceptors (Lipinski definition) is 5. The topological polar surface area (TPSA) is 81.7 Å². The Balaban J connectivity index is 1.96. The van der Waals surface area contributed by atoms with E-state index >= 15 is 0 Å². The number of sulfone groups is 1. The average molecular weight is 355 g/mol. The van der Waals surface area contributed by atoms with Crippen molar-refractivity contribution < 1.29 is 22.7 Å². The summed E-state index contributed by atoms with van der Waals surface area (Å²) in [5.74, 6) is -0.394. The Hall–Kier alpha value is -1.44. The zero-order valence-corrected chi connectivity index (χ0v) is 15.0. The number of hydrogen-bond donors (Lipinski definition) is 1. The SMILES string of the molecule is CCS(=O)(=O)c1ccccc1NC(=O)C(C)OCC1CCCCO1. The normalized spacial score (nSPS) is 19.7. The van der Waals surface area contributed by atoms with Gasteiger partial charge in [-0.1, -0.05) is 19.1 Å². The number of carbonyl (C=O) groups excluding carboxylic acids is 1. The predicted octanol–water partition coefficient (Wildman–Crippen LogP) is 2.39. The highest BCUT2D eigenvalue weighted by atomic mass is 32.2. The van der Waals surface area contributed by atoms with Gasteiger partial charge in [0.05, 0.1) is 29.0 Å². The molecular weight excluding hydrogens is 330 g/mol. The van der Waals surface area contributed by atoms with E-state index in [1.165, 1.54) is 6.07 Å². The van der Waals surface area contributed by atoms with Gasteiger partial charge in [0.2, 0.25) is 0 Å². The van der Waals surface area contributed by atoms with Crippen LogP contribution in [-0.4, -0.2) is 45.5 Å². The molecule has 1 fully saturated rings. The second-order valence-corrected chi connectivity index (χ2v) is 8.10. The highest BCUT2D eigenvalue weighted by Crippen LogP contribution is 2.22. The van der Waals surface area contributed by atoms with Crippen LogP contribution in [0.2, 0.25) is 0 Å². The molecule has 1 saturated heterocycles. The molecule has 1 aliphatic rings. The maximum Gasteiger partial charge on any atom is 0.253 e. The Kier molecular flexibility index (Phi) is 6.77. The van der Waals surface area contributed by atoms with Crippen LogP contribution in [0, 0.1) is 0 Å². The van der Waals surface area contributed by atoms with Gasteiger partial charge < -0.3 is 14.8 Å². The average Bonchev–Trinajstić information content (AvgIpc) is 2.60. The summed E-state index contributed by atoms with van der Waals surface area (Å²) in [5.41, 5.74) is 0.286. The molecule has 1 aromatic carbocycles. The Labute approximate surface area is 143 Å². The molecule has 1 N–H and O–H groups in total. The minimum atomic E-state index is -3.41. The Morgan fingerprint density at radius 1 is 1.38 bits per heavy atom. The molecule has 2 unspecified atom stereocenters. The molecule has 0 saturated carbocycles. The molecule has 6 nitrogen and oxygen atoms in total. The monoisotopic (exact) mass is 355 g/mol. The quantitative estimate of drug-likeness (QED) is 0.812. The first-order chi connectivity index (χ1) is 11.4. The lowest BCUT2D eigenvalue weighted by molar-refractivity contribution is -0.130. The van der Waals surface area contributed by atoms with E-state index in [2.05, 4.69) is 5.32 Å². The largest absolute Gasteiger partial charge is 0.376 e. The molecule has 24 heavy (non-hydrogen) atoms. The number of nitrogens with one attached hydrogen (secondary N) is 1. The highest BCUT2D eigenvalue weighted by molar-refractivity contribution is 7.91. The fourth-order valence-electron chi connectivity index (χ4n) is 2.50. The zero-order valence-electron chi connectivity index (χ0n) is 14.2. The molecule has 1 aromatic rings. The van der Waals surface area contributed by atoms with Crippen LogP contribution in [0.25, 0.3) is 0 Å². The summed E-state index contributed by atoms with van der Waals surface area (Å²) in [7, 11) is -3.41. The van der Waals surface area contributed by atoms with Crippen LogP contribution in [0.4, 0.5) is 5.69 Å². The molecule has 134 valence electrons. The Bertz CT molecular complexity index is 653. The molecule has 2 rings (SSSR count). The van der Waals surface area contributed by atoms with Gasteiger partial charge in [-0.25, -0.2) is 8.42 Å². The maximum absolute atomic E-state index is 12.3. The second kappa shape index (κ2) is 8.60. The Morgan fingerprint density at radius 2 is 2.12 bits per heavy atom. The summed E-state index contributed by atoms with van der Waals surface area (Å²) < 4.78 is 35.4. The van der Waals surface area contributed by atoms with Gasteiger partial charge in [-0.3, -0.25) is 4.79 Å². The van der Waals surface area contributed by atoms with Crippen LogP contribution in [0.5, 0.6) is 0 Å². The molecule has 0 aromatic heterocycles. The van der Waals surface area contributed by atoms with E-state index in [1.54, 1.807) is 32.0 Å². The van der Waals surface area contributed by atoms with Crippen molar-refractivity contribution in [3.8, 4) is 0 Å². The van der Waals surface area contributed by atoms with Gasteiger partial charge in [-0.15, -0.1) is 0 Å². The van der Waals surface area contributed by atoms with Crippen LogP contribution in [0.1, 0.15) is 33.1 Å². The Morgan fingerprint density at radius 3 is 2.79 bits per heavy atom. The van der Waals surface area contributed by atoms with Gasteiger partial charge in [0.25, 0.3) is 5.91 Å². The molecule has 0 bridgehead atoms. The van der Waals surface area contributed by atoms with E-state index in [4.69, 9.17) is 9.47 Å². The minimum absolute atomic E-state index is 0.0229. The minimum Gasteiger partial charge on any atom is -0.376 e. The molecule has 2 atom stereocenters. The fraction of sp³-hybridized carbons (Fsp3) is 0.588. The van der Waals surface area contributed by atoms with E-state index in [1.807, 2.05) is 0 Å². The van der Waals surface area contributed by atoms with Crippen molar-refractivity contribution in [2.24, 2.45) is 0 Å². The van der Waals surface area contributed by atoms with Crippen molar-refractivity contribution in [3.05, 3.63) is 24.3 Å². The van der Waals surface area contributed by atoms with Gasteiger partial charge in [-0.2, -0.15) is 0 Å². The molecule has 0 aliphatic carbocycles. The smallest absolute Gasteiger partial charge is 0.253 e. The molecular formula is C17H25NO5S.